The fourth-order valence-electron chi connectivity index (χ4n) is 1.47. The van der Waals surface area contributed by atoms with E-state index in [1.54, 1.807) is 6.92 Å². The highest BCUT2D eigenvalue weighted by molar-refractivity contribution is 5.93. The standard InChI is InChI=1S/C12H17N3O3/c1-8-6-10(16)9(7-15-8)12(18)14-5-3-2-4-11(13)17/h6-7H,2-5H2,1H3,(H2,13,17)(H,14,18)(H,15,16). The fraction of sp³-hybridized carbons (Fsp3) is 0.417. The van der Waals surface area contributed by atoms with Crippen molar-refractivity contribution in [2.45, 2.75) is 26.2 Å². The summed E-state index contributed by atoms with van der Waals surface area (Å²) in [5.74, 6) is -0.758. The van der Waals surface area contributed by atoms with Gasteiger partial charge in [-0.15, -0.1) is 0 Å². The number of aromatic amines is 1. The van der Waals surface area contributed by atoms with E-state index in [1.165, 1.54) is 12.3 Å². The van der Waals surface area contributed by atoms with Crippen molar-refractivity contribution in [2.75, 3.05) is 6.54 Å². The van der Waals surface area contributed by atoms with Gasteiger partial charge in [0.25, 0.3) is 5.91 Å². The molecular weight excluding hydrogens is 234 g/mol. The minimum absolute atomic E-state index is 0.0931. The van der Waals surface area contributed by atoms with Gasteiger partial charge in [-0.25, -0.2) is 0 Å². The lowest BCUT2D eigenvalue weighted by atomic mass is 10.2. The second-order valence-electron chi connectivity index (χ2n) is 4.07. The summed E-state index contributed by atoms with van der Waals surface area (Å²) in [6.45, 7) is 2.16. The third kappa shape index (κ3) is 4.40. The molecule has 0 saturated carbocycles. The summed E-state index contributed by atoms with van der Waals surface area (Å²) in [5, 5.41) is 2.62. The van der Waals surface area contributed by atoms with Gasteiger partial charge in [-0.3, -0.25) is 14.4 Å². The number of rotatable bonds is 6. The molecule has 0 aliphatic heterocycles. The van der Waals surface area contributed by atoms with Crippen LogP contribution in [0.2, 0.25) is 0 Å². The van der Waals surface area contributed by atoms with Crippen molar-refractivity contribution < 1.29 is 9.59 Å². The van der Waals surface area contributed by atoms with Crippen LogP contribution in [0.4, 0.5) is 0 Å². The van der Waals surface area contributed by atoms with Gasteiger partial charge >= 0.3 is 0 Å². The highest BCUT2D eigenvalue weighted by Gasteiger charge is 2.09. The number of nitrogens with one attached hydrogen (secondary N) is 2. The molecule has 1 aromatic heterocycles. The van der Waals surface area contributed by atoms with Gasteiger partial charge < -0.3 is 16.0 Å². The molecule has 0 aliphatic carbocycles. The zero-order valence-electron chi connectivity index (χ0n) is 10.3. The molecular formula is C12H17N3O3. The Morgan fingerprint density at radius 2 is 2.11 bits per heavy atom. The van der Waals surface area contributed by atoms with E-state index in [0.29, 0.717) is 31.5 Å². The Bertz CT molecular complexity index is 494. The molecule has 0 radical (unpaired) electrons. The predicted molar refractivity (Wildman–Crippen MR) is 67.2 cm³/mol. The maximum Gasteiger partial charge on any atom is 0.256 e. The number of aromatic nitrogens is 1. The summed E-state index contributed by atoms with van der Waals surface area (Å²) in [6, 6.07) is 1.38. The Hall–Kier alpha value is -2.11. The molecule has 0 saturated heterocycles. The molecule has 0 aliphatic rings. The zero-order valence-corrected chi connectivity index (χ0v) is 10.3. The van der Waals surface area contributed by atoms with Crippen LogP contribution < -0.4 is 16.5 Å². The number of hydrogen-bond donors (Lipinski definition) is 3. The number of carbonyl (C=O) groups is 2. The molecule has 1 heterocycles. The van der Waals surface area contributed by atoms with E-state index in [4.69, 9.17) is 5.73 Å². The lowest BCUT2D eigenvalue weighted by molar-refractivity contribution is -0.118. The first-order valence-electron chi connectivity index (χ1n) is 5.76. The highest BCUT2D eigenvalue weighted by atomic mass is 16.2. The van der Waals surface area contributed by atoms with E-state index in [2.05, 4.69) is 10.3 Å². The molecule has 0 unspecified atom stereocenters. The lowest BCUT2D eigenvalue weighted by Crippen LogP contribution is -2.29. The van der Waals surface area contributed by atoms with Crippen LogP contribution in [-0.2, 0) is 4.79 Å². The first-order valence-corrected chi connectivity index (χ1v) is 5.76. The molecule has 0 spiro atoms. The Labute approximate surface area is 105 Å². The second-order valence-corrected chi connectivity index (χ2v) is 4.07. The molecule has 4 N–H and O–H groups in total. The van der Waals surface area contributed by atoms with Gasteiger partial charge in [0, 0.05) is 30.9 Å². The Balaban J connectivity index is 2.41. The highest BCUT2D eigenvalue weighted by Crippen LogP contribution is 1.95. The van der Waals surface area contributed by atoms with E-state index in [0.717, 1.165) is 0 Å². The number of pyridine rings is 1. The van der Waals surface area contributed by atoms with Gasteiger partial charge in [-0.05, 0) is 19.8 Å². The number of amides is 2. The quantitative estimate of drug-likeness (QED) is 0.623. The van der Waals surface area contributed by atoms with Crippen molar-refractivity contribution in [1.82, 2.24) is 10.3 Å². The Morgan fingerprint density at radius 3 is 2.72 bits per heavy atom. The average Bonchev–Trinajstić information content (AvgIpc) is 2.27. The lowest BCUT2D eigenvalue weighted by Gasteiger charge is -2.04. The van der Waals surface area contributed by atoms with Crippen LogP contribution in [0.1, 0.15) is 35.3 Å². The van der Waals surface area contributed by atoms with Gasteiger partial charge in [-0.2, -0.15) is 0 Å². The molecule has 0 bridgehead atoms. The van der Waals surface area contributed by atoms with Gasteiger partial charge in [0.15, 0.2) is 5.43 Å². The zero-order chi connectivity index (χ0) is 13.5. The van der Waals surface area contributed by atoms with Crippen LogP contribution in [0, 0.1) is 6.92 Å². The van der Waals surface area contributed by atoms with E-state index < -0.39 is 5.91 Å². The Morgan fingerprint density at radius 1 is 1.39 bits per heavy atom. The number of unbranched alkanes of at least 4 members (excludes halogenated alkanes) is 1. The van der Waals surface area contributed by atoms with Crippen LogP contribution in [0.5, 0.6) is 0 Å². The minimum atomic E-state index is -0.407. The fourth-order valence-corrected chi connectivity index (χ4v) is 1.47. The number of H-pyrrole nitrogens is 1. The number of hydrogen-bond acceptors (Lipinski definition) is 3. The summed E-state index contributed by atoms with van der Waals surface area (Å²) in [5.41, 5.74) is 5.48. The number of carbonyl (C=O) groups excluding carboxylic acids is 2. The monoisotopic (exact) mass is 251 g/mol. The average molecular weight is 251 g/mol. The van der Waals surface area contributed by atoms with E-state index in [-0.39, 0.29) is 16.9 Å². The van der Waals surface area contributed by atoms with Gasteiger partial charge in [0.05, 0.1) is 0 Å². The topological polar surface area (TPSA) is 105 Å². The Kier molecular flexibility index (Phi) is 5.10. The largest absolute Gasteiger partial charge is 0.370 e. The normalized spacial score (nSPS) is 10.1. The van der Waals surface area contributed by atoms with Crippen molar-refractivity contribution in [3.63, 3.8) is 0 Å². The molecule has 0 atom stereocenters. The first kappa shape index (κ1) is 14.0. The molecule has 6 nitrogen and oxygen atoms in total. The van der Waals surface area contributed by atoms with E-state index >= 15 is 0 Å². The molecule has 2 amide bonds. The molecule has 0 aromatic carbocycles. The van der Waals surface area contributed by atoms with Crippen molar-refractivity contribution in [2.24, 2.45) is 5.73 Å². The van der Waals surface area contributed by atoms with Crippen molar-refractivity contribution in [3.05, 3.63) is 33.7 Å². The van der Waals surface area contributed by atoms with Crippen LogP contribution in [-0.4, -0.2) is 23.3 Å². The van der Waals surface area contributed by atoms with Gasteiger partial charge in [0.1, 0.15) is 5.56 Å². The molecule has 0 fully saturated rings. The third-order valence-electron chi connectivity index (χ3n) is 2.44. The van der Waals surface area contributed by atoms with E-state index in [9.17, 15) is 14.4 Å². The second kappa shape index (κ2) is 6.58. The summed E-state index contributed by atoms with van der Waals surface area (Å²) in [6.07, 6.45) is 2.98. The van der Waals surface area contributed by atoms with Gasteiger partial charge in [0.2, 0.25) is 5.91 Å². The summed E-state index contributed by atoms with van der Waals surface area (Å²) >= 11 is 0. The SMILES string of the molecule is Cc1cc(=O)c(C(=O)NCCCCC(N)=O)c[nH]1. The molecule has 6 heteroatoms. The smallest absolute Gasteiger partial charge is 0.256 e. The number of primary amides is 1. The maximum absolute atomic E-state index is 11.7. The van der Waals surface area contributed by atoms with Crippen molar-refractivity contribution >= 4 is 11.8 Å². The molecule has 98 valence electrons. The number of aryl methyl sites for hydroxylation is 1. The van der Waals surface area contributed by atoms with Crippen LogP contribution in [0.3, 0.4) is 0 Å². The van der Waals surface area contributed by atoms with Crippen molar-refractivity contribution in [1.29, 1.82) is 0 Å². The van der Waals surface area contributed by atoms with Crippen LogP contribution in [0.15, 0.2) is 17.1 Å². The summed E-state index contributed by atoms with van der Waals surface area (Å²) in [7, 11) is 0. The first-order chi connectivity index (χ1) is 8.50. The number of nitrogens with two attached hydrogens (primary N) is 1. The molecule has 1 rings (SSSR count). The van der Waals surface area contributed by atoms with Gasteiger partial charge in [-0.1, -0.05) is 0 Å². The summed E-state index contributed by atoms with van der Waals surface area (Å²) < 4.78 is 0. The van der Waals surface area contributed by atoms with Crippen LogP contribution in [0.25, 0.3) is 0 Å². The molecule has 1 aromatic rings. The third-order valence-corrected chi connectivity index (χ3v) is 2.44. The predicted octanol–water partition coefficient (Wildman–Crippen LogP) is 0.0687. The maximum atomic E-state index is 11.7. The minimum Gasteiger partial charge on any atom is -0.370 e. The molecule has 18 heavy (non-hydrogen) atoms. The van der Waals surface area contributed by atoms with Crippen molar-refractivity contribution in [3.8, 4) is 0 Å². The summed E-state index contributed by atoms with van der Waals surface area (Å²) in [4.78, 5) is 36.5. The van der Waals surface area contributed by atoms with Crippen LogP contribution >= 0.6 is 0 Å². The van der Waals surface area contributed by atoms with E-state index in [1.807, 2.05) is 0 Å².